The fourth-order valence-corrected chi connectivity index (χ4v) is 4.38. The number of fused-ring (bicyclic) bond motifs is 5. The normalized spacial score (nSPS) is 20.3. The molecule has 1 unspecified atom stereocenters. The van der Waals surface area contributed by atoms with Gasteiger partial charge in [-0.25, -0.2) is 9.78 Å². The third-order valence-corrected chi connectivity index (χ3v) is 5.87. The van der Waals surface area contributed by atoms with Crippen LogP contribution in [0.1, 0.15) is 46.3 Å². The lowest BCUT2D eigenvalue weighted by atomic mass is 9.92. The highest BCUT2D eigenvalue weighted by molar-refractivity contribution is 6.00. The topological polar surface area (TPSA) is 73.7 Å². The quantitative estimate of drug-likeness (QED) is 0.494. The zero-order chi connectivity index (χ0) is 24.3. The summed E-state index contributed by atoms with van der Waals surface area (Å²) in [6.45, 7) is 1.84. The van der Waals surface area contributed by atoms with Crippen molar-refractivity contribution in [3.05, 3.63) is 41.5 Å². The predicted molar refractivity (Wildman–Crippen MR) is 99.1 cm³/mol. The molecular formula is C20H17F6N3O4. The fourth-order valence-electron chi connectivity index (χ4n) is 4.38. The molecule has 0 radical (unpaired) electrons. The van der Waals surface area contributed by atoms with Crippen LogP contribution < -0.4 is 4.74 Å². The summed E-state index contributed by atoms with van der Waals surface area (Å²) in [5.74, 6) is -1.94. The van der Waals surface area contributed by atoms with Gasteiger partial charge in [0.25, 0.3) is 12.0 Å². The summed E-state index contributed by atoms with van der Waals surface area (Å²) in [5, 5.41) is 0. The molecule has 4 rings (SSSR count). The lowest BCUT2D eigenvalue weighted by Gasteiger charge is -2.34. The summed E-state index contributed by atoms with van der Waals surface area (Å²) >= 11 is 0. The first-order valence-electron chi connectivity index (χ1n) is 9.71. The summed E-state index contributed by atoms with van der Waals surface area (Å²) in [6.07, 6.45) is -14.2. The Bertz CT molecular complexity index is 1110. The monoisotopic (exact) mass is 477 g/mol. The molecule has 1 fully saturated rings. The number of benzene rings is 1. The Morgan fingerprint density at radius 3 is 2.45 bits per heavy atom. The Hall–Kier alpha value is -3.25. The fraction of sp³-hybridized carbons (Fsp3) is 0.450. The van der Waals surface area contributed by atoms with Gasteiger partial charge in [0.2, 0.25) is 0 Å². The Morgan fingerprint density at radius 2 is 1.85 bits per heavy atom. The Balaban J connectivity index is 1.87. The van der Waals surface area contributed by atoms with Gasteiger partial charge in [0, 0.05) is 6.54 Å². The molecule has 0 bridgehead atoms. The standard InChI is InChI=1S/C20H17F6N3O4/c1-18-6-3-7-29(18)15(30)11-8-10(32-2)4-5-12(11)28-9-27-13(14(18)28)16(31)33-17(19(21,22)23)20(24,25)26/h4-5,8-9,17H,3,6-7H2,1-2H3. The van der Waals surface area contributed by atoms with Gasteiger partial charge in [-0.1, -0.05) is 0 Å². The maximum atomic E-state index is 13.3. The zero-order valence-corrected chi connectivity index (χ0v) is 17.3. The van der Waals surface area contributed by atoms with Crippen LogP contribution in [0, 0.1) is 0 Å². The molecule has 0 N–H and O–H groups in total. The van der Waals surface area contributed by atoms with Crippen LogP contribution in [0.5, 0.6) is 5.75 Å². The molecule has 1 aromatic heterocycles. The number of alkyl halides is 6. The van der Waals surface area contributed by atoms with E-state index < -0.39 is 41.6 Å². The van der Waals surface area contributed by atoms with Crippen molar-refractivity contribution in [1.29, 1.82) is 0 Å². The van der Waals surface area contributed by atoms with Crippen LogP contribution in [0.3, 0.4) is 0 Å². The number of nitrogens with zero attached hydrogens (tertiary/aromatic N) is 3. The van der Waals surface area contributed by atoms with Gasteiger partial charge in [-0.05, 0) is 38.0 Å². The van der Waals surface area contributed by atoms with Gasteiger partial charge in [-0.15, -0.1) is 0 Å². The van der Waals surface area contributed by atoms with Gasteiger partial charge < -0.3 is 14.4 Å². The number of carbonyl (C=O) groups is 2. The Labute approximate surface area is 182 Å². The molecule has 13 heteroatoms. The van der Waals surface area contributed by atoms with E-state index in [1.807, 2.05) is 0 Å². The molecule has 1 aromatic carbocycles. The molecular weight excluding hydrogens is 460 g/mol. The van der Waals surface area contributed by atoms with Crippen LogP contribution in [-0.2, 0) is 10.3 Å². The summed E-state index contributed by atoms with van der Waals surface area (Å²) in [5.41, 5.74) is -1.53. The van der Waals surface area contributed by atoms with Crippen LogP contribution in [0.4, 0.5) is 26.3 Å². The SMILES string of the molecule is COc1ccc2c(c1)C(=O)N1CCCC1(C)c1c(C(=O)OC(C(F)(F)F)C(F)(F)F)ncn1-2. The van der Waals surface area contributed by atoms with Crippen molar-refractivity contribution in [2.45, 2.75) is 43.8 Å². The van der Waals surface area contributed by atoms with Crippen LogP contribution in [0.2, 0.25) is 0 Å². The minimum atomic E-state index is -5.87. The van der Waals surface area contributed by atoms with Crippen molar-refractivity contribution in [3.8, 4) is 11.4 Å². The maximum absolute atomic E-state index is 13.3. The molecule has 1 atom stereocenters. The largest absolute Gasteiger partial charge is 0.497 e. The molecule has 2 aliphatic heterocycles. The molecule has 3 heterocycles. The molecule has 0 aliphatic carbocycles. The van der Waals surface area contributed by atoms with E-state index in [1.165, 1.54) is 34.8 Å². The number of hydrogen-bond acceptors (Lipinski definition) is 5. The Morgan fingerprint density at radius 1 is 1.18 bits per heavy atom. The van der Waals surface area contributed by atoms with Gasteiger partial charge in [-0.3, -0.25) is 9.36 Å². The molecule has 2 aliphatic rings. The van der Waals surface area contributed by atoms with Crippen molar-refractivity contribution in [2.24, 2.45) is 0 Å². The van der Waals surface area contributed by atoms with Gasteiger partial charge in [0.05, 0.1) is 29.6 Å². The second-order valence-electron chi connectivity index (χ2n) is 7.90. The van der Waals surface area contributed by atoms with E-state index in [4.69, 9.17) is 4.74 Å². The third-order valence-electron chi connectivity index (χ3n) is 5.87. The van der Waals surface area contributed by atoms with Crippen molar-refractivity contribution in [1.82, 2.24) is 14.5 Å². The predicted octanol–water partition coefficient (Wildman–Crippen LogP) is 4.00. The third kappa shape index (κ3) is 3.59. The summed E-state index contributed by atoms with van der Waals surface area (Å²) in [4.78, 5) is 31.1. The average molecular weight is 477 g/mol. The van der Waals surface area contributed by atoms with Gasteiger partial charge in [0.1, 0.15) is 12.1 Å². The molecule has 33 heavy (non-hydrogen) atoms. The smallest absolute Gasteiger partial charge is 0.434 e. The highest BCUT2D eigenvalue weighted by Gasteiger charge is 2.60. The highest BCUT2D eigenvalue weighted by atomic mass is 19.4. The number of amides is 1. The van der Waals surface area contributed by atoms with E-state index in [9.17, 15) is 35.9 Å². The first-order chi connectivity index (χ1) is 15.3. The van der Waals surface area contributed by atoms with E-state index in [-0.39, 0.29) is 23.5 Å². The van der Waals surface area contributed by atoms with Crippen LogP contribution in [-0.4, -0.2) is 58.4 Å². The lowest BCUT2D eigenvalue weighted by Crippen LogP contribution is -2.46. The van der Waals surface area contributed by atoms with E-state index in [0.717, 1.165) is 6.33 Å². The second-order valence-corrected chi connectivity index (χ2v) is 7.90. The first kappa shape index (κ1) is 22.9. The number of halogens is 6. The summed E-state index contributed by atoms with van der Waals surface area (Å²) in [7, 11) is 1.40. The summed E-state index contributed by atoms with van der Waals surface area (Å²) < 4.78 is 88.0. The van der Waals surface area contributed by atoms with Gasteiger partial charge in [-0.2, -0.15) is 26.3 Å². The van der Waals surface area contributed by atoms with Crippen molar-refractivity contribution in [3.63, 3.8) is 0 Å². The minimum absolute atomic E-state index is 0.0228. The number of rotatable bonds is 3. The number of ether oxygens (including phenoxy) is 2. The maximum Gasteiger partial charge on any atom is 0.434 e. The summed E-state index contributed by atoms with van der Waals surface area (Å²) in [6, 6.07) is 4.48. The Kier molecular flexibility index (Phi) is 5.13. The van der Waals surface area contributed by atoms with Crippen molar-refractivity contribution >= 4 is 11.9 Å². The molecule has 178 valence electrons. The number of carbonyl (C=O) groups excluding carboxylic acids is 2. The number of imidazole rings is 1. The highest BCUT2D eigenvalue weighted by Crippen LogP contribution is 2.45. The number of esters is 1. The molecule has 7 nitrogen and oxygen atoms in total. The van der Waals surface area contributed by atoms with E-state index in [1.54, 1.807) is 6.92 Å². The van der Waals surface area contributed by atoms with Crippen molar-refractivity contribution in [2.75, 3.05) is 13.7 Å². The second kappa shape index (κ2) is 7.39. The van der Waals surface area contributed by atoms with Crippen molar-refractivity contribution < 1.29 is 45.4 Å². The number of hydrogen-bond donors (Lipinski definition) is 0. The zero-order valence-electron chi connectivity index (χ0n) is 17.3. The molecule has 1 amide bonds. The van der Waals surface area contributed by atoms with E-state index in [0.29, 0.717) is 18.6 Å². The van der Waals surface area contributed by atoms with Crippen LogP contribution >= 0.6 is 0 Å². The molecule has 1 saturated heterocycles. The average Bonchev–Trinajstić information content (AvgIpc) is 3.32. The van der Waals surface area contributed by atoms with Gasteiger partial charge >= 0.3 is 18.3 Å². The molecule has 2 aromatic rings. The molecule has 0 spiro atoms. The van der Waals surface area contributed by atoms with Crippen LogP contribution in [0.25, 0.3) is 5.69 Å². The lowest BCUT2D eigenvalue weighted by molar-refractivity contribution is -0.307. The molecule has 0 saturated carbocycles. The number of aromatic nitrogens is 2. The number of methoxy groups -OCH3 is 1. The first-order valence-corrected chi connectivity index (χ1v) is 9.71. The van der Waals surface area contributed by atoms with E-state index in [2.05, 4.69) is 9.72 Å². The minimum Gasteiger partial charge on any atom is -0.497 e. The van der Waals surface area contributed by atoms with E-state index >= 15 is 0 Å². The van der Waals surface area contributed by atoms with Crippen LogP contribution in [0.15, 0.2) is 24.5 Å². The van der Waals surface area contributed by atoms with Gasteiger partial charge in [0.15, 0.2) is 5.69 Å².